The molecule has 1 aromatic rings. The molecule has 2 rings (SSSR count). The van der Waals surface area contributed by atoms with Crippen molar-refractivity contribution >= 4 is 5.97 Å². The molecule has 1 N–H and O–H groups in total. The quantitative estimate of drug-likeness (QED) is 0.845. The van der Waals surface area contributed by atoms with E-state index in [4.69, 9.17) is 5.11 Å². The van der Waals surface area contributed by atoms with Crippen LogP contribution in [0.4, 0.5) is 0 Å². The van der Waals surface area contributed by atoms with Gasteiger partial charge in [0, 0.05) is 18.8 Å². The lowest BCUT2D eigenvalue weighted by Gasteiger charge is -2.38. The first-order chi connectivity index (χ1) is 7.50. The molecule has 0 atom stereocenters. The summed E-state index contributed by atoms with van der Waals surface area (Å²) >= 11 is 0. The second kappa shape index (κ2) is 3.77. The van der Waals surface area contributed by atoms with Gasteiger partial charge in [0.15, 0.2) is 0 Å². The third kappa shape index (κ3) is 2.01. The first-order valence-electron chi connectivity index (χ1n) is 5.44. The lowest BCUT2D eigenvalue weighted by Crippen LogP contribution is -2.35. The molecule has 4 nitrogen and oxygen atoms in total. The van der Waals surface area contributed by atoms with Gasteiger partial charge >= 0.3 is 5.97 Å². The van der Waals surface area contributed by atoms with E-state index in [2.05, 4.69) is 6.92 Å². The normalized spacial score (nSPS) is 17.8. The molecule has 86 valence electrons. The van der Waals surface area contributed by atoms with E-state index in [1.807, 2.05) is 0 Å². The largest absolute Gasteiger partial charge is 0.478 e. The van der Waals surface area contributed by atoms with E-state index in [1.54, 1.807) is 0 Å². The molecule has 0 radical (unpaired) electrons. The maximum atomic E-state index is 11.6. The van der Waals surface area contributed by atoms with Gasteiger partial charge in [-0.05, 0) is 24.3 Å². The van der Waals surface area contributed by atoms with Crippen LogP contribution in [-0.2, 0) is 6.54 Å². The molecule has 1 saturated carbocycles. The number of rotatable bonds is 3. The minimum atomic E-state index is -0.993. The highest BCUT2D eigenvalue weighted by atomic mass is 16.4. The van der Waals surface area contributed by atoms with Crippen molar-refractivity contribution in [3.05, 3.63) is 34.2 Å². The molecule has 1 aliphatic carbocycles. The van der Waals surface area contributed by atoms with Gasteiger partial charge in [0.25, 0.3) is 5.56 Å². The summed E-state index contributed by atoms with van der Waals surface area (Å²) in [7, 11) is 0. The van der Waals surface area contributed by atoms with E-state index in [1.165, 1.54) is 29.3 Å². The van der Waals surface area contributed by atoms with Gasteiger partial charge in [0.2, 0.25) is 0 Å². The SMILES string of the molecule is CC1(Cn2cc(C(=O)O)ccc2=O)CCC1. The number of carboxylic acids is 1. The van der Waals surface area contributed by atoms with Crippen LogP contribution >= 0.6 is 0 Å². The van der Waals surface area contributed by atoms with Crippen LogP contribution < -0.4 is 5.56 Å². The van der Waals surface area contributed by atoms with Crippen LogP contribution in [0.1, 0.15) is 36.5 Å². The first-order valence-corrected chi connectivity index (χ1v) is 5.44. The minimum absolute atomic E-state index is 0.127. The summed E-state index contributed by atoms with van der Waals surface area (Å²) in [5.74, 6) is -0.993. The number of pyridine rings is 1. The van der Waals surface area contributed by atoms with Crippen LogP contribution in [0.5, 0.6) is 0 Å². The highest BCUT2D eigenvalue weighted by Crippen LogP contribution is 2.41. The third-order valence-electron chi connectivity index (χ3n) is 3.34. The summed E-state index contributed by atoms with van der Waals surface area (Å²) < 4.78 is 1.52. The molecule has 1 heterocycles. The maximum absolute atomic E-state index is 11.6. The van der Waals surface area contributed by atoms with Crippen LogP contribution in [0.15, 0.2) is 23.1 Å². The zero-order valence-corrected chi connectivity index (χ0v) is 9.27. The molecule has 4 heteroatoms. The molecule has 0 aromatic carbocycles. The number of aromatic nitrogens is 1. The molecule has 0 saturated heterocycles. The molecular weight excluding hydrogens is 206 g/mol. The number of hydrogen-bond donors (Lipinski definition) is 1. The van der Waals surface area contributed by atoms with Crippen molar-refractivity contribution < 1.29 is 9.90 Å². The Morgan fingerprint density at radius 2 is 2.19 bits per heavy atom. The summed E-state index contributed by atoms with van der Waals surface area (Å²) in [4.78, 5) is 22.4. The number of hydrogen-bond acceptors (Lipinski definition) is 2. The zero-order chi connectivity index (χ0) is 11.8. The second-order valence-corrected chi connectivity index (χ2v) is 4.85. The Labute approximate surface area is 93.5 Å². The Hall–Kier alpha value is -1.58. The first kappa shape index (κ1) is 10.9. The van der Waals surface area contributed by atoms with Crippen molar-refractivity contribution in [1.29, 1.82) is 0 Å². The highest BCUT2D eigenvalue weighted by Gasteiger charge is 2.32. The van der Waals surface area contributed by atoms with Crippen molar-refractivity contribution in [2.45, 2.75) is 32.7 Å². The molecule has 0 unspecified atom stereocenters. The number of carbonyl (C=O) groups is 1. The average Bonchev–Trinajstić information content (AvgIpc) is 2.18. The Morgan fingerprint density at radius 1 is 1.50 bits per heavy atom. The van der Waals surface area contributed by atoms with Gasteiger partial charge in [-0.3, -0.25) is 4.79 Å². The zero-order valence-electron chi connectivity index (χ0n) is 9.27. The number of nitrogens with zero attached hydrogens (tertiary/aromatic N) is 1. The smallest absolute Gasteiger partial charge is 0.337 e. The predicted octanol–water partition coefficient (Wildman–Crippen LogP) is 1.74. The summed E-state index contributed by atoms with van der Waals surface area (Å²) in [5, 5.41) is 8.85. The number of carboxylic acid groups (broad SMARTS) is 1. The van der Waals surface area contributed by atoms with E-state index >= 15 is 0 Å². The molecule has 0 bridgehead atoms. The van der Waals surface area contributed by atoms with Crippen molar-refractivity contribution in [3.63, 3.8) is 0 Å². The Morgan fingerprint density at radius 3 is 2.69 bits per heavy atom. The van der Waals surface area contributed by atoms with Crippen LogP contribution in [0.3, 0.4) is 0 Å². The predicted molar refractivity (Wildman–Crippen MR) is 59.6 cm³/mol. The van der Waals surface area contributed by atoms with Crippen LogP contribution in [0.25, 0.3) is 0 Å². The lowest BCUT2D eigenvalue weighted by molar-refractivity contribution is 0.0694. The van der Waals surface area contributed by atoms with E-state index in [-0.39, 0.29) is 16.5 Å². The summed E-state index contributed by atoms with van der Waals surface area (Å²) in [6.45, 7) is 2.75. The Kier molecular flexibility index (Phi) is 2.58. The summed E-state index contributed by atoms with van der Waals surface area (Å²) in [6, 6.07) is 2.68. The van der Waals surface area contributed by atoms with Crippen molar-refractivity contribution in [1.82, 2.24) is 4.57 Å². The van der Waals surface area contributed by atoms with Crippen molar-refractivity contribution in [2.75, 3.05) is 0 Å². The maximum Gasteiger partial charge on any atom is 0.337 e. The van der Waals surface area contributed by atoms with Crippen LogP contribution in [-0.4, -0.2) is 15.6 Å². The van der Waals surface area contributed by atoms with Gasteiger partial charge in [-0.2, -0.15) is 0 Å². The summed E-state index contributed by atoms with van der Waals surface area (Å²) in [5.41, 5.74) is 0.210. The van der Waals surface area contributed by atoms with Crippen LogP contribution in [0, 0.1) is 5.41 Å². The monoisotopic (exact) mass is 221 g/mol. The molecule has 0 spiro atoms. The lowest BCUT2D eigenvalue weighted by atomic mass is 9.70. The Bertz CT molecular complexity index is 471. The number of aromatic carboxylic acids is 1. The second-order valence-electron chi connectivity index (χ2n) is 4.85. The van der Waals surface area contributed by atoms with E-state index < -0.39 is 5.97 Å². The van der Waals surface area contributed by atoms with Gasteiger partial charge in [0.1, 0.15) is 0 Å². The van der Waals surface area contributed by atoms with Crippen LogP contribution in [0.2, 0.25) is 0 Å². The van der Waals surface area contributed by atoms with Gasteiger partial charge < -0.3 is 9.67 Å². The highest BCUT2D eigenvalue weighted by molar-refractivity contribution is 5.87. The van der Waals surface area contributed by atoms with Crippen molar-refractivity contribution in [3.8, 4) is 0 Å². The summed E-state index contributed by atoms with van der Waals surface area (Å²) in [6.07, 6.45) is 4.85. The van der Waals surface area contributed by atoms with Crippen molar-refractivity contribution in [2.24, 2.45) is 5.41 Å². The average molecular weight is 221 g/mol. The molecule has 1 aromatic heterocycles. The molecule has 1 fully saturated rings. The standard InChI is InChI=1S/C12H15NO3/c1-12(5-2-6-12)8-13-7-9(11(15)16)3-4-10(13)14/h3-4,7H,2,5-6,8H2,1H3,(H,15,16). The van der Waals surface area contributed by atoms with E-state index in [0.717, 1.165) is 12.8 Å². The van der Waals surface area contributed by atoms with E-state index in [0.29, 0.717) is 6.54 Å². The fourth-order valence-corrected chi connectivity index (χ4v) is 2.13. The molecule has 1 aliphatic rings. The molecule has 16 heavy (non-hydrogen) atoms. The minimum Gasteiger partial charge on any atom is -0.478 e. The van der Waals surface area contributed by atoms with Gasteiger partial charge in [-0.25, -0.2) is 4.79 Å². The van der Waals surface area contributed by atoms with E-state index in [9.17, 15) is 9.59 Å². The molecule has 0 aliphatic heterocycles. The van der Waals surface area contributed by atoms with Gasteiger partial charge in [0.05, 0.1) is 5.56 Å². The topological polar surface area (TPSA) is 59.3 Å². The molecular formula is C12H15NO3. The molecule has 0 amide bonds. The van der Waals surface area contributed by atoms with Gasteiger partial charge in [-0.15, -0.1) is 0 Å². The fourth-order valence-electron chi connectivity index (χ4n) is 2.13. The Balaban J connectivity index is 2.28. The third-order valence-corrected chi connectivity index (χ3v) is 3.34. The fraction of sp³-hybridized carbons (Fsp3) is 0.500. The van der Waals surface area contributed by atoms with Gasteiger partial charge in [-0.1, -0.05) is 13.3 Å².